The van der Waals surface area contributed by atoms with Crippen LogP contribution in [0.25, 0.3) is 11.3 Å². The number of aromatic nitrogens is 3. The van der Waals surface area contributed by atoms with Crippen LogP contribution in [0.5, 0.6) is 0 Å². The van der Waals surface area contributed by atoms with Crippen LogP contribution in [0.4, 0.5) is 20.7 Å². The monoisotopic (exact) mass is 420 g/mol. The molecule has 2 aromatic heterocycles. The predicted molar refractivity (Wildman–Crippen MR) is 119 cm³/mol. The average molecular weight is 420 g/mol. The van der Waals surface area contributed by atoms with E-state index in [4.69, 9.17) is 0 Å². The number of hydrogen-bond acceptors (Lipinski definition) is 5. The van der Waals surface area contributed by atoms with Crippen molar-refractivity contribution >= 4 is 17.5 Å². The molecule has 2 heterocycles. The first-order valence-corrected chi connectivity index (χ1v) is 10.2. The van der Waals surface area contributed by atoms with Gasteiger partial charge < -0.3 is 16.0 Å². The molecule has 1 aromatic carbocycles. The number of carbonyl (C=O) groups excluding carboxylic acids is 1. The molecule has 1 aliphatic carbocycles. The lowest BCUT2D eigenvalue weighted by molar-refractivity contribution is 0.0991. The lowest BCUT2D eigenvalue weighted by atomic mass is 9.64. The molecule has 3 N–H and O–H groups in total. The van der Waals surface area contributed by atoms with Crippen molar-refractivity contribution < 1.29 is 9.18 Å². The van der Waals surface area contributed by atoms with Gasteiger partial charge in [-0.2, -0.15) is 0 Å². The highest BCUT2D eigenvalue weighted by Crippen LogP contribution is 2.45. The van der Waals surface area contributed by atoms with Gasteiger partial charge in [0.1, 0.15) is 12.0 Å². The lowest BCUT2D eigenvalue weighted by Gasteiger charge is -2.44. The van der Waals surface area contributed by atoms with Crippen LogP contribution >= 0.6 is 0 Å². The molecule has 31 heavy (non-hydrogen) atoms. The fourth-order valence-electron chi connectivity index (χ4n) is 4.01. The lowest BCUT2D eigenvalue weighted by Crippen LogP contribution is -2.48. The number of alkyl halides is 1. The van der Waals surface area contributed by atoms with E-state index in [0.29, 0.717) is 30.9 Å². The van der Waals surface area contributed by atoms with Gasteiger partial charge in [-0.25, -0.2) is 9.18 Å². The Bertz CT molecular complexity index is 1050. The smallest absolute Gasteiger partial charge is 0.318 e. The Kier molecular flexibility index (Phi) is 5.79. The second kappa shape index (κ2) is 8.67. The van der Waals surface area contributed by atoms with Crippen LogP contribution in [0.3, 0.4) is 0 Å². The molecule has 0 atom stereocenters. The number of hydrogen-bond donors (Lipinski definition) is 3. The molecule has 4 rings (SSSR count). The molecule has 0 unspecified atom stereocenters. The van der Waals surface area contributed by atoms with E-state index < -0.39 is 6.17 Å². The van der Waals surface area contributed by atoms with Gasteiger partial charge in [0.2, 0.25) is 0 Å². The number of urea groups is 1. The van der Waals surface area contributed by atoms with Crippen molar-refractivity contribution in [1.29, 1.82) is 0 Å². The topological polar surface area (TPSA) is 91.8 Å². The summed E-state index contributed by atoms with van der Waals surface area (Å²) in [6.07, 6.45) is 1.89. The van der Waals surface area contributed by atoms with Crippen LogP contribution < -0.4 is 16.0 Å². The third-order valence-corrected chi connectivity index (χ3v) is 5.67. The number of carbonyl (C=O) groups is 1. The molecule has 0 saturated heterocycles. The number of anilines is 2. The number of rotatable bonds is 6. The quantitative estimate of drug-likeness (QED) is 0.559. The van der Waals surface area contributed by atoms with E-state index in [-0.39, 0.29) is 11.4 Å². The van der Waals surface area contributed by atoms with Crippen molar-refractivity contribution in [2.75, 3.05) is 24.2 Å². The van der Waals surface area contributed by atoms with Gasteiger partial charge in [-0.1, -0.05) is 18.2 Å². The zero-order valence-electron chi connectivity index (χ0n) is 17.5. The Morgan fingerprint density at radius 1 is 1.13 bits per heavy atom. The maximum atomic E-state index is 13.8. The molecule has 3 aromatic rings. The Morgan fingerprint density at radius 3 is 2.52 bits per heavy atom. The van der Waals surface area contributed by atoms with Gasteiger partial charge in [0.25, 0.3) is 0 Å². The van der Waals surface area contributed by atoms with Crippen LogP contribution in [-0.4, -0.2) is 41.0 Å². The summed E-state index contributed by atoms with van der Waals surface area (Å²) in [6, 6.07) is 14.7. The number of nitrogens with zero attached hydrogens (tertiary/aromatic N) is 3. The van der Waals surface area contributed by atoms with E-state index in [9.17, 15) is 9.18 Å². The van der Waals surface area contributed by atoms with Crippen molar-refractivity contribution in [3.63, 3.8) is 0 Å². The number of amides is 2. The molecule has 1 aliphatic rings. The van der Waals surface area contributed by atoms with Crippen molar-refractivity contribution in [1.82, 2.24) is 20.5 Å². The summed E-state index contributed by atoms with van der Waals surface area (Å²) < 4.78 is 13.8. The molecule has 0 bridgehead atoms. The van der Waals surface area contributed by atoms with Crippen molar-refractivity contribution in [3.8, 4) is 11.3 Å². The molecular weight excluding hydrogens is 395 g/mol. The van der Waals surface area contributed by atoms with E-state index in [1.165, 1.54) is 0 Å². The van der Waals surface area contributed by atoms with Crippen LogP contribution in [0.1, 0.15) is 24.1 Å². The molecule has 160 valence electrons. The number of halogens is 1. The Hall–Kier alpha value is -3.55. The molecule has 0 aliphatic heterocycles. The molecule has 0 spiro atoms. The minimum Gasteiger partial charge on any atom is -0.368 e. The first kappa shape index (κ1) is 20.7. The third-order valence-electron chi connectivity index (χ3n) is 5.67. The number of aryl methyl sites for hydroxylation is 1. The zero-order valence-corrected chi connectivity index (χ0v) is 17.5. The molecule has 1 saturated carbocycles. The molecule has 2 amide bonds. The minimum atomic E-state index is -0.794. The molecule has 8 heteroatoms. The van der Waals surface area contributed by atoms with Crippen LogP contribution in [0, 0.1) is 6.92 Å². The van der Waals surface area contributed by atoms with Gasteiger partial charge >= 0.3 is 6.03 Å². The van der Waals surface area contributed by atoms with Crippen LogP contribution in [0.15, 0.2) is 54.7 Å². The second-order valence-corrected chi connectivity index (χ2v) is 7.89. The highest BCUT2D eigenvalue weighted by Gasteiger charge is 2.47. The zero-order chi connectivity index (χ0) is 21.8. The van der Waals surface area contributed by atoms with E-state index >= 15 is 0 Å². The van der Waals surface area contributed by atoms with Gasteiger partial charge in [-0.05, 0) is 55.7 Å². The standard InChI is InChI=1S/C23H25FN6O/c1-15-4-3-11-26-21(15)23(12-17(24)13-23)14-27-20-10-9-19(29-30-20)16-5-7-18(8-6-16)28-22(31)25-2/h3-11,17H,12-14H2,1-2H3,(H,27,30)(H2,25,28,31)/t17-,23-. The van der Waals surface area contributed by atoms with Gasteiger partial charge in [-0.3, -0.25) is 4.98 Å². The molecule has 7 nitrogen and oxygen atoms in total. The van der Waals surface area contributed by atoms with Crippen LogP contribution in [0.2, 0.25) is 0 Å². The van der Waals surface area contributed by atoms with Crippen molar-refractivity contribution in [2.24, 2.45) is 0 Å². The summed E-state index contributed by atoms with van der Waals surface area (Å²) in [5.41, 5.74) is 4.01. The van der Waals surface area contributed by atoms with Gasteiger partial charge in [0, 0.05) is 36.5 Å². The number of nitrogens with one attached hydrogen (secondary N) is 3. The predicted octanol–water partition coefficient (Wildman–Crippen LogP) is 4.08. The average Bonchev–Trinajstić information content (AvgIpc) is 2.77. The highest BCUT2D eigenvalue weighted by atomic mass is 19.1. The third kappa shape index (κ3) is 4.47. The second-order valence-electron chi connectivity index (χ2n) is 7.89. The molecule has 0 radical (unpaired) electrons. The van der Waals surface area contributed by atoms with Gasteiger partial charge in [0.05, 0.1) is 11.4 Å². The minimum absolute atomic E-state index is 0.271. The number of benzene rings is 1. The van der Waals surface area contributed by atoms with Crippen molar-refractivity contribution in [2.45, 2.75) is 31.4 Å². The maximum Gasteiger partial charge on any atom is 0.318 e. The summed E-state index contributed by atoms with van der Waals surface area (Å²) in [5.74, 6) is 0.636. The Labute approximate surface area is 180 Å². The summed E-state index contributed by atoms with van der Waals surface area (Å²) in [7, 11) is 1.56. The first-order valence-electron chi connectivity index (χ1n) is 10.2. The highest BCUT2D eigenvalue weighted by molar-refractivity contribution is 5.89. The first-order chi connectivity index (χ1) is 15.0. The Balaban J connectivity index is 1.43. The molecule has 1 fully saturated rings. The largest absolute Gasteiger partial charge is 0.368 e. The van der Waals surface area contributed by atoms with E-state index in [2.05, 4.69) is 31.1 Å². The number of pyridine rings is 1. The SMILES string of the molecule is CNC(=O)Nc1ccc(-c2ccc(NC[C@]3(c4ncccc4C)C[C@H](F)C3)nn2)cc1. The molecular formula is C23H25FN6O. The maximum absolute atomic E-state index is 13.8. The fraction of sp³-hybridized carbons (Fsp3) is 0.304. The van der Waals surface area contributed by atoms with E-state index in [0.717, 1.165) is 22.5 Å². The Morgan fingerprint density at radius 2 is 1.90 bits per heavy atom. The normalized spacial score (nSPS) is 19.9. The van der Waals surface area contributed by atoms with E-state index in [1.54, 1.807) is 25.4 Å². The van der Waals surface area contributed by atoms with E-state index in [1.807, 2.05) is 43.3 Å². The van der Waals surface area contributed by atoms with Gasteiger partial charge in [-0.15, -0.1) is 10.2 Å². The summed E-state index contributed by atoms with van der Waals surface area (Å²) in [5, 5.41) is 17.1. The van der Waals surface area contributed by atoms with Crippen LogP contribution in [-0.2, 0) is 5.41 Å². The fourth-order valence-corrected chi connectivity index (χ4v) is 4.01. The summed E-state index contributed by atoms with van der Waals surface area (Å²) >= 11 is 0. The van der Waals surface area contributed by atoms with Gasteiger partial charge in [0.15, 0.2) is 0 Å². The summed E-state index contributed by atoms with van der Waals surface area (Å²) in [4.78, 5) is 15.9. The summed E-state index contributed by atoms with van der Waals surface area (Å²) in [6.45, 7) is 2.57. The van der Waals surface area contributed by atoms with Crippen molar-refractivity contribution in [3.05, 3.63) is 66.0 Å².